The number of nitriles is 1. The molecule has 2 fully saturated rings. The quantitative estimate of drug-likeness (QED) is 0.768. The average Bonchev–Trinajstić information content (AvgIpc) is 3.18. The first-order chi connectivity index (χ1) is 12.6. The minimum Gasteiger partial charge on any atom is -0.381 e. The standard InChI is InChI=1S/C18H20N6O2/c19-5-3-15(25)24-11-1-2-12(24)8-10(7-11)23-16-13-4-6-21-18(13)22-9-14(16)17(20)26/h4,6,9-12H,1-3,7-8H2,(H2,20,26)(H2,21,22,23)/t10-,11-,12+. The zero-order valence-corrected chi connectivity index (χ0v) is 14.2. The van der Waals surface area contributed by atoms with E-state index in [9.17, 15) is 9.59 Å². The summed E-state index contributed by atoms with van der Waals surface area (Å²) in [7, 11) is 0. The molecule has 0 spiro atoms. The first-order valence-corrected chi connectivity index (χ1v) is 8.79. The van der Waals surface area contributed by atoms with Gasteiger partial charge in [0.1, 0.15) is 12.1 Å². The van der Waals surface area contributed by atoms with Gasteiger partial charge in [-0.2, -0.15) is 5.26 Å². The molecule has 0 aliphatic carbocycles. The van der Waals surface area contributed by atoms with E-state index in [-0.39, 0.29) is 30.5 Å². The van der Waals surface area contributed by atoms with Gasteiger partial charge in [-0.05, 0) is 31.7 Å². The number of hydrogen-bond acceptors (Lipinski definition) is 5. The molecular weight excluding hydrogens is 332 g/mol. The third-order valence-corrected chi connectivity index (χ3v) is 5.45. The molecule has 4 N–H and O–H groups in total. The molecule has 4 rings (SSSR count). The van der Waals surface area contributed by atoms with Gasteiger partial charge in [-0.1, -0.05) is 0 Å². The fraction of sp³-hybridized carbons (Fsp3) is 0.444. The number of nitrogens with one attached hydrogen (secondary N) is 2. The summed E-state index contributed by atoms with van der Waals surface area (Å²) >= 11 is 0. The third-order valence-electron chi connectivity index (χ3n) is 5.45. The van der Waals surface area contributed by atoms with E-state index < -0.39 is 5.91 Å². The molecule has 0 saturated carbocycles. The van der Waals surface area contributed by atoms with E-state index in [1.807, 2.05) is 17.0 Å². The van der Waals surface area contributed by atoms with Crippen molar-refractivity contribution in [2.45, 2.75) is 50.2 Å². The van der Waals surface area contributed by atoms with Gasteiger partial charge in [0.05, 0.1) is 17.3 Å². The van der Waals surface area contributed by atoms with Crippen molar-refractivity contribution >= 4 is 28.5 Å². The topological polar surface area (TPSA) is 128 Å². The Balaban J connectivity index is 1.59. The summed E-state index contributed by atoms with van der Waals surface area (Å²) in [6, 6.07) is 4.25. The van der Waals surface area contributed by atoms with Gasteiger partial charge in [0, 0.05) is 35.9 Å². The number of aromatic amines is 1. The summed E-state index contributed by atoms with van der Waals surface area (Å²) < 4.78 is 0. The van der Waals surface area contributed by atoms with Crippen LogP contribution in [0, 0.1) is 11.3 Å². The highest BCUT2D eigenvalue weighted by Gasteiger charge is 2.43. The first-order valence-electron chi connectivity index (χ1n) is 8.79. The molecule has 2 bridgehead atoms. The van der Waals surface area contributed by atoms with Crippen LogP contribution in [0.1, 0.15) is 42.5 Å². The molecule has 2 aliphatic rings. The van der Waals surface area contributed by atoms with E-state index in [2.05, 4.69) is 15.3 Å². The monoisotopic (exact) mass is 352 g/mol. The highest BCUT2D eigenvalue weighted by Crippen LogP contribution is 2.38. The van der Waals surface area contributed by atoms with Crippen molar-refractivity contribution in [2.24, 2.45) is 5.73 Å². The molecule has 8 nitrogen and oxygen atoms in total. The Morgan fingerprint density at radius 1 is 1.38 bits per heavy atom. The molecule has 26 heavy (non-hydrogen) atoms. The highest BCUT2D eigenvalue weighted by atomic mass is 16.2. The van der Waals surface area contributed by atoms with Gasteiger partial charge in [-0.15, -0.1) is 0 Å². The van der Waals surface area contributed by atoms with Crippen molar-refractivity contribution < 1.29 is 9.59 Å². The molecule has 3 atom stereocenters. The van der Waals surface area contributed by atoms with Gasteiger partial charge >= 0.3 is 0 Å². The third kappa shape index (κ3) is 2.65. The van der Waals surface area contributed by atoms with Crippen molar-refractivity contribution in [3.63, 3.8) is 0 Å². The van der Waals surface area contributed by atoms with Crippen LogP contribution >= 0.6 is 0 Å². The lowest BCUT2D eigenvalue weighted by Gasteiger charge is -2.39. The number of piperidine rings is 1. The average molecular weight is 352 g/mol. The predicted octanol–water partition coefficient (Wildman–Crippen LogP) is 1.51. The number of amides is 2. The molecule has 4 heterocycles. The molecular formula is C18H20N6O2. The number of hydrogen-bond donors (Lipinski definition) is 3. The van der Waals surface area contributed by atoms with Gasteiger partial charge in [0.25, 0.3) is 5.91 Å². The Bertz CT molecular complexity index is 900. The summed E-state index contributed by atoms with van der Waals surface area (Å²) in [5.41, 5.74) is 7.29. The fourth-order valence-electron chi connectivity index (χ4n) is 4.42. The maximum Gasteiger partial charge on any atom is 0.252 e. The van der Waals surface area contributed by atoms with Gasteiger partial charge in [0.2, 0.25) is 5.91 Å². The van der Waals surface area contributed by atoms with E-state index in [0.717, 1.165) is 31.1 Å². The second-order valence-corrected chi connectivity index (χ2v) is 6.98. The normalized spacial score (nSPS) is 24.4. The summed E-state index contributed by atoms with van der Waals surface area (Å²) in [4.78, 5) is 33.2. The second kappa shape index (κ2) is 6.33. The fourth-order valence-corrected chi connectivity index (χ4v) is 4.42. The van der Waals surface area contributed by atoms with Gasteiger partial charge < -0.3 is 20.9 Å². The lowest BCUT2D eigenvalue weighted by atomic mass is 9.96. The SMILES string of the molecule is N#CCC(=O)N1[C@@H]2CC[C@H]1C[C@H](Nc1c(C(N)=O)cnc3[nH]ccc13)C2. The lowest BCUT2D eigenvalue weighted by Crippen LogP contribution is -2.49. The number of rotatable bonds is 4. The summed E-state index contributed by atoms with van der Waals surface area (Å²) in [6.07, 6.45) is 6.70. The Labute approximate surface area is 150 Å². The van der Waals surface area contributed by atoms with E-state index in [1.165, 1.54) is 6.20 Å². The van der Waals surface area contributed by atoms with E-state index in [0.29, 0.717) is 16.9 Å². The van der Waals surface area contributed by atoms with Crippen LogP contribution in [0.5, 0.6) is 0 Å². The van der Waals surface area contributed by atoms with Crippen molar-refractivity contribution in [3.05, 3.63) is 24.0 Å². The molecule has 2 amide bonds. The van der Waals surface area contributed by atoms with Crippen LogP contribution in [0.3, 0.4) is 0 Å². The summed E-state index contributed by atoms with van der Waals surface area (Å²) in [5.74, 6) is -0.596. The number of carbonyl (C=O) groups excluding carboxylic acids is 2. The van der Waals surface area contributed by atoms with Crippen LogP contribution in [-0.4, -0.2) is 44.8 Å². The number of nitrogens with zero attached hydrogens (tertiary/aromatic N) is 3. The van der Waals surface area contributed by atoms with Crippen molar-refractivity contribution in [3.8, 4) is 6.07 Å². The van der Waals surface area contributed by atoms with Gasteiger partial charge in [-0.3, -0.25) is 9.59 Å². The van der Waals surface area contributed by atoms with Crippen LogP contribution < -0.4 is 11.1 Å². The first kappa shape index (κ1) is 16.4. The molecule has 2 aromatic rings. The molecule has 0 aromatic carbocycles. The van der Waals surface area contributed by atoms with Crippen molar-refractivity contribution in [2.75, 3.05) is 5.32 Å². The lowest BCUT2D eigenvalue weighted by molar-refractivity contribution is -0.134. The summed E-state index contributed by atoms with van der Waals surface area (Å²) in [6.45, 7) is 0. The Morgan fingerprint density at radius 3 is 2.77 bits per heavy atom. The minimum absolute atomic E-state index is 0.0642. The smallest absolute Gasteiger partial charge is 0.252 e. The van der Waals surface area contributed by atoms with E-state index in [4.69, 9.17) is 11.0 Å². The zero-order chi connectivity index (χ0) is 18.3. The highest BCUT2D eigenvalue weighted by molar-refractivity contribution is 6.06. The number of primary amides is 1. The molecule has 2 saturated heterocycles. The van der Waals surface area contributed by atoms with Gasteiger partial charge in [-0.25, -0.2) is 4.98 Å². The maximum atomic E-state index is 12.2. The van der Waals surface area contributed by atoms with Crippen LogP contribution in [0.4, 0.5) is 5.69 Å². The second-order valence-electron chi connectivity index (χ2n) is 6.98. The largest absolute Gasteiger partial charge is 0.381 e. The summed E-state index contributed by atoms with van der Waals surface area (Å²) in [5, 5.41) is 13.1. The van der Waals surface area contributed by atoms with E-state index in [1.54, 1.807) is 6.20 Å². The zero-order valence-electron chi connectivity index (χ0n) is 14.2. The van der Waals surface area contributed by atoms with Crippen molar-refractivity contribution in [1.82, 2.24) is 14.9 Å². The number of aromatic nitrogens is 2. The molecule has 2 aliphatic heterocycles. The molecule has 0 radical (unpaired) electrons. The number of H-pyrrole nitrogens is 1. The Hall–Kier alpha value is -3.08. The Morgan fingerprint density at radius 2 is 2.12 bits per heavy atom. The number of carbonyl (C=O) groups is 2. The number of pyridine rings is 1. The van der Waals surface area contributed by atoms with Crippen LogP contribution in [0.15, 0.2) is 18.5 Å². The molecule has 8 heteroatoms. The Kier molecular flexibility index (Phi) is 3.99. The number of fused-ring (bicyclic) bond motifs is 3. The predicted molar refractivity (Wildman–Crippen MR) is 95.1 cm³/mol. The van der Waals surface area contributed by atoms with Crippen LogP contribution in [0.2, 0.25) is 0 Å². The van der Waals surface area contributed by atoms with Crippen LogP contribution in [-0.2, 0) is 4.79 Å². The van der Waals surface area contributed by atoms with E-state index >= 15 is 0 Å². The van der Waals surface area contributed by atoms with Crippen LogP contribution in [0.25, 0.3) is 11.0 Å². The van der Waals surface area contributed by atoms with Gasteiger partial charge in [0.15, 0.2) is 0 Å². The molecule has 134 valence electrons. The molecule has 2 aromatic heterocycles. The maximum absolute atomic E-state index is 12.2. The van der Waals surface area contributed by atoms with Crippen molar-refractivity contribution in [1.29, 1.82) is 5.26 Å². The number of nitrogens with two attached hydrogens (primary N) is 1. The number of anilines is 1. The molecule has 0 unspecified atom stereocenters. The minimum atomic E-state index is -0.521.